The Morgan fingerprint density at radius 2 is 1.88 bits per heavy atom. The van der Waals surface area contributed by atoms with Crippen LogP contribution >= 0.6 is 0 Å². The molecule has 2 fully saturated rings. The molecule has 2 aliphatic rings. The van der Waals surface area contributed by atoms with Gasteiger partial charge in [0.15, 0.2) is 0 Å². The number of hydrogen-bond acceptors (Lipinski definition) is 5. The molecule has 5 heteroatoms. The summed E-state index contributed by atoms with van der Waals surface area (Å²) in [6.45, 7) is 1.85. The van der Waals surface area contributed by atoms with Gasteiger partial charge in [-0.15, -0.1) is 10.2 Å². The van der Waals surface area contributed by atoms with Crippen LogP contribution in [0.5, 0.6) is 0 Å². The Morgan fingerprint density at radius 3 is 2.65 bits per heavy atom. The van der Waals surface area contributed by atoms with Gasteiger partial charge in [-0.05, 0) is 38.6 Å². The summed E-state index contributed by atoms with van der Waals surface area (Å²) in [5.41, 5.74) is 0. The van der Waals surface area contributed by atoms with E-state index in [-0.39, 0.29) is 12.1 Å². The quantitative estimate of drug-likeness (QED) is 0.853. The van der Waals surface area contributed by atoms with E-state index in [1.165, 1.54) is 19.3 Å². The molecule has 0 amide bonds. The van der Waals surface area contributed by atoms with Crippen LogP contribution in [0.4, 0.5) is 0 Å². The van der Waals surface area contributed by atoms with Gasteiger partial charge >= 0.3 is 0 Å². The minimum absolute atomic E-state index is 0.0218. The fourth-order valence-corrected chi connectivity index (χ4v) is 2.52. The highest BCUT2D eigenvalue weighted by Gasteiger charge is 2.25. The van der Waals surface area contributed by atoms with Gasteiger partial charge in [0, 0.05) is 6.61 Å². The summed E-state index contributed by atoms with van der Waals surface area (Å²) in [4.78, 5) is 0. The molecule has 0 saturated carbocycles. The van der Waals surface area contributed by atoms with Gasteiger partial charge in [0.1, 0.15) is 6.10 Å². The Kier molecular flexibility index (Phi) is 3.38. The maximum absolute atomic E-state index is 5.75. The van der Waals surface area contributed by atoms with Crippen LogP contribution in [0.25, 0.3) is 0 Å². The topological polar surface area (TPSA) is 60.2 Å². The second kappa shape index (κ2) is 5.14. The first-order chi connectivity index (χ1) is 8.43. The second-order valence-electron chi connectivity index (χ2n) is 4.84. The number of hydrogen-bond donors (Lipinski definition) is 1. The lowest BCUT2D eigenvalue weighted by Crippen LogP contribution is -2.26. The molecule has 5 nitrogen and oxygen atoms in total. The van der Waals surface area contributed by atoms with Gasteiger partial charge in [0.2, 0.25) is 11.8 Å². The van der Waals surface area contributed by atoms with Crippen LogP contribution in [-0.2, 0) is 4.74 Å². The summed E-state index contributed by atoms with van der Waals surface area (Å²) in [7, 11) is 0. The summed E-state index contributed by atoms with van der Waals surface area (Å²) in [5.74, 6) is 1.39. The molecule has 2 atom stereocenters. The average molecular weight is 237 g/mol. The van der Waals surface area contributed by atoms with E-state index < -0.39 is 0 Å². The van der Waals surface area contributed by atoms with Crippen molar-refractivity contribution in [2.75, 3.05) is 13.2 Å². The average Bonchev–Trinajstić information content (AvgIpc) is 2.90. The lowest BCUT2D eigenvalue weighted by atomic mass is 10.1. The van der Waals surface area contributed by atoms with Gasteiger partial charge in [-0.1, -0.05) is 6.42 Å². The number of nitrogens with one attached hydrogen (secondary N) is 1. The van der Waals surface area contributed by atoms with Crippen LogP contribution in [-0.4, -0.2) is 23.3 Å². The van der Waals surface area contributed by atoms with E-state index in [1.807, 2.05) is 0 Å². The standard InChI is InChI=1S/C12H19N3O2/c1-3-7-13-9(5-1)11-14-15-12(17-11)10-6-2-4-8-16-10/h9-10,13H,1-8H2. The Morgan fingerprint density at radius 1 is 1.00 bits per heavy atom. The third-order valence-electron chi connectivity index (χ3n) is 3.52. The first kappa shape index (κ1) is 11.2. The SMILES string of the molecule is C1CCC(c2nnc(C3CCCCO3)o2)NC1. The molecule has 1 aromatic heterocycles. The summed E-state index contributed by atoms with van der Waals surface area (Å²) in [5, 5.41) is 11.7. The van der Waals surface area contributed by atoms with Crippen molar-refractivity contribution in [1.29, 1.82) is 0 Å². The predicted molar refractivity (Wildman–Crippen MR) is 61.4 cm³/mol. The third kappa shape index (κ3) is 2.50. The largest absolute Gasteiger partial charge is 0.421 e. The first-order valence-electron chi connectivity index (χ1n) is 6.62. The molecule has 2 saturated heterocycles. The molecule has 3 rings (SSSR count). The van der Waals surface area contributed by atoms with Crippen LogP contribution in [0.15, 0.2) is 4.42 Å². The van der Waals surface area contributed by atoms with Gasteiger partial charge in [-0.25, -0.2) is 0 Å². The zero-order chi connectivity index (χ0) is 11.5. The highest BCUT2D eigenvalue weighted by Crippen LogP contribution is 2.29. The number of nitrogens with zero attached hydrogens (tertiary/aromatic N) is 2. The van der Waals surface area contributed by atoms with E-state index in [1.54, 1.807) is 0 Å². The summed E-state index contributed by atoms with van der Waals surface area (Å²) in [6.07, 6.45) is 6.91. The van der Waals surface area contributed by atoms with Crippen molar-refractivity contribution in [3.63, 3.8) is 0 Å². The molecule has 0 radical (unpaired) electrons. The Bertz CT molecular complexity index is 322. The molecule has 1 N–H and O–H groups in total. The molecule has 2 unspecified atom stereocenters. The number of aromatic nitrogens is 2. The zero-order valence-electron chi connectivity index (χ0n) is 10.0. The molecule has 17 heavy (non-hydrogen) atoms. The van der Waals surface area contributed by atoms with Crippen molar-refractivity contribution < 1.29 is 9.15 Å². The minimum Gasteiger partial charge on any atom is -0.421 e. The van der Waals surface area contributed by atoms with Gasteiger partial charge in [-0.3, -0.25) is 0 Å². The molecular formula is C12H19N3O2. The Labute approximate surface area is 101 Å². The minimum atomic E-state index is 0.0218. The summed E-state index contributed by atoms with van der Waals surface area (Å²) in [6, 6.07) is 0.244. The van der Waals surface area contributed by atoms with Crippen LogP contribution in [0.3, 0.4) is 0 Å². The normalized spacial score (nSPS) is 30.4. The van der Waals surface area contributed by atoms with Crippen LogP contribution in [0.1, 0.15) is 62.5 Å². The van der Waals surface area contributed by atoms with Crippen molar-refractivity contribution in [3.05, 3.63) is 11.8 Å². The fourth-order valence-electron chi connectivity index (χ4n) is 2.52. The van der Waals surface area contributed by atoms with Gasteiger partial charge < -0.3 is 14.5 Å². The van der Waals surface area contributed by atoms with E-state index in [0.29, 0.717) is 5.89 Å². The number of piperidine rings is 1. The summed E-state index contributed by atoms with van der Waals surface area (Å²) >= 11 is 0. The van der Waals surface area contributed by atoms with Crippen LogP contribution in [0.2, 0.25) is 0 Å². The molecule has 0 bridgehead atoms. The third-order valence-corrected chi connectivity index (χ3v) is 3.52. The highest BCUT2D eigenvalue weighted by atomic mass is 16.5. The fraction of sp³-hybridized carbons (Fsp3) is 0.833. The molecule has 2 aliphatic heterocycles. The molecule has 0 spiro atoms. The maximum Gasteiger partial charge on any atom is 0.245 e. The van der Waals surface area contributed by atoms with E-state index in [9.17, 15) is 0 Å². The van der Waals surface area contributed by atoms with Gasteiger partial charge in [0.05, 0.1) is 6.04 Å². The molecule has 0 aliphatic carbocycles. The van der Waals surface area contributed by atoms with E-state index in [4.69, 9.17) is 9.15 Å². The van der Waals surface area contributed by atoms with E-state index in [2.05, 4.69) is 15.5 Å². The molecule has 1 aromatic rings. The Balaban J connectivity index is 1.68. The molecule has 3 heterocycles. The van der Waals surface area contributed by atoms with Gasteiger partial charge in [0.25, 0.3) is 0 Å². The van der Waals surface area contributed by atoms with Crippen LogP contribution < -0.4 is 5.32 Å². The van der Waals surface area contributed by atoms with Crippen LogP contribution in [0, 0.1) is 0 Å². The summed E-state index contributed by atoms with van der Waals surface area (Å²) < 4.78 is 11.4. The van der Waals surface area contributed by atoms with Crippen molar-refractivity contribution in [3.8, 4) is 0 Å². The van der Waals surface area contributed by atoms with Crippen molar-refractivity contribution in [2.45, 2.75) is 50.7 Å². The Hall–Kier alpha value is -0.940. The monoisotopic (exact) mass is 237 g/mol. The molecule has 94 valence electrons. The molecule has 0 aromatic carbocycles. The first-order valence-corrected chi connectivity index (χ1v) is 6.62. The zero-order valence-corrected chi connectivity index (χ0v) is 10.0. The smallest absolute Gasteiger partial charge is 0.245 e. The van der Waals surface area contributed by atoms with Crippen molar-refractivity contribution in [1.82, 2.24) is 15.5 Å². The van der Waals surface area contributed by atoms with E-state index >= 15 is 0 Å². The lowest BCUT2D eigenvalue weighted by molar-refractivity contribution is -0.00247. The number of rotatable bonds is 2. The van der Waals surface area contributed by atoms with Crippen molar-refractivity contribution in [2.24, 2.45) is 0 Å². The van der Waals surface area contributed by atoms with Crippen molar-refractivity contribution >= 4 is 0 Å². The highest BCUT2D eigenvalue weighted by molar-refractivity contribution is 4.94. The van der Waals surface area contributed by atoms with E-state index in [0.717, 1.165) is 38.3 Å². The second-order valence-corrected chi connectivity index (χ2v) is 4.84. The predicted octanol–water partition coefficient (Wildman–Crippen LogP) is 2.13. The lowest BCUT2D eigenvalue weighted by Gasteiger charge is -2.20. The molecular weight excluding hydrogens is 218 g/mol. The number of ether oxygens (including phenoxy) is 1. The maximum atomic E-state index is 5.75. The van der Waals surface area contributed by atoms with Gasteiger partial charge in [-0.2, -0.15) is 0 Å².